The van der Waals surface area contributed by atoms with E-state index in [2.05, 4.69) is 6.92 Å². The number of nitrogens with zero attached hydrogens (tertiary/aromatic N) is 1. The van der Waals surface area contributed by atoms with Gasteiger partial charge in [0, 0.05) is 13.1 Å². The standard InChI is InChI=1S/C8H15NO2/c1-2-3-7-4-5-9(6-7)8(10)11/h7H,2-6H2,1H3,(H,10,11). The van der Waals surface area contributed by atoms with Crippen LogP contribution < -0.4 is 0 Å². The third-order valence-corrected chi connectivity index (χ3v) is 2.25. The number of likely N-dealkylation sites (tertiary alicyclic amines) is 1. The monoisotopic (exact) mass is 157 g/mol. The molecule has 0 saturated carbocycles. The Labute approximate surface area is 67.0 Å². The third-order valence-electron chi connectivity index (χ3n) is 2.25. The second-order valence-electron chi connectivity index (χ2n) is 3.17. The summed E-state index contributed by atoms with van der Waals surface area (Å²) in [6.45, 7) is 3.63. The Morgan fingerprint density at radius 2 is 2.45 bits per heavy atom. The van der Waals surface area contributed by atoms with Gasteiger partial charge in [0.15, 0.2) is 0 Å². The molecule has 0 bridgehead atoms. The maximum atomic E-state index is 10.5. The number of hydrogen-bond donors (Lipinski definition) is 1. The summed E-state index contributed by atoms with van der Waals surface area (Å²) in [5, 5.41) is 8.63. The lowest BCUT2D eigenvalue weighted by atomic mass is 10.0. The first-order valence-corrected chi connectivity index (χ1v) is 4.22. The number of amides is 1. The van der Waals surface area contributed by atoms with Gasteiger partial charge in [-0.05, 0) is 18.8 Å². The maximum Gasteiger partial charge on any atom is 0.407 e. The van der Waals surface area contributed by atoms with Crippen molar-refractivity contribution >= 4 is 6.09 Å². The molecule has 1 rings (SSSR count). The van der Waals surface area contributed by atoms with Crippen molar-refractivity contribution in [3.8, 4) is 0 Å². The first-order chi connectivity index (χ1) is 5.24. The zero-order chi connectivity index (χ0) is 8.27. The van der Waals surface area contributed by atoms with E-state index >= 15 is 0 Å². The Morgan fingerprint density at radius 1 is 1.73 bits per heavy atom. The van der Waals surface area contributed by atoms with Crippen LogP contribution >= 0.6 is 0 Å². The van der Waals surface area contributed by atoms with E-state index in [1.165, 1.54) is 11.3 Å². The predicted molar refractivity (Wildman–Crippen MR) is 42.6 cm³/mol. The third kappa shape index (κ3) is 2.10. The average molecular weight is 157 g/mol. The Balaban J connectivity index is 2.29. The number of hydrogen-bond acceptors (Lipinski definition) is 1. The lowest BCUT2D eigenvalue weighted by Gasteiger charge is -2.10. The molecule has 3 nitrogen and oxygen atoms in total. The summed E-state index contributed by atoms with van der Waals surface area (Å²) in [5.41, 5.74) is 0. The highest BCUT2D eigenvalue weighted by Gasteiger charge is 2.24. The van der Waals surface area contributed by atoms with E-state index in [-0.39, 0.29) is 0 Å². The Hall–Kier alpha value is -0.730. The van der Waals surface area contributed by atoms with Crippen LogP contribution in [0.3, 0.4) is 0 Å². The van der Waals surface area contributed by atoms with Gasteiger partial charge in [-0.3, -0.25) is 0 Å². The number of carboxylic acid groups (broad SMARTS) is 1. The molecule has 1 unspecified atom stereocenters. The molecule has 1 aliphatic heterocycles. The first-order valence-electron chi connectivity index (χ1n) is 4.22. The van der Waals surface area contributed by atoms with Gasteiger partial charge in [0.2, 0.25) is 0 Å². The van der Waals surface area contributed by atoms with Gasteiger partial charge in [0.25, 0.3) is 0 Å². The molecule has 0 spiro atoms. The van der Waals surface area contributed by atoms with Crippen molar-refractivity contribution in [3.05, 3.63) is 0 Å². The lowest BCUT2D eigenvalue weighted by Crippen LogP contribution is -2.26. The van der Waals surface area contributed by atoms with E-state index < -0.39 is 6.09 Å². The minimum absolute atomic E-state index is 0.621. The lowest BCUT2D eigenvalue weighted by molar-refractivity contribution is 0.154. The van der Waals surface area contributed by atoms with Crippen LogP contribution in [-0.4, -0.2) is 29.2 Å². The van der Waals surface area contributed by atoms with E-state index in [4.69, 9.17) is 5.11 Å². The first kappa shape index (κ1) is 8.37. The summed E-state index contributed by atoms with van der Waals surface area (Å²) in [4.78, 5) is 12.0. The molecule has 11 heavy (non-hydrogen) atoms. The second-order valence-corrected chi connectivity index (χ2v) is 3.17. The van der Waals surface area contributed by atoms with E-state index in [0.717, 1.165) is 25.9 Å². The molecule has 1 N–H and O–H groups in total. The summed E-state index contributed by atoms with van der Waals surface area (Å²) in [7, 11) is 0. The van der Waals surface area contributed by atoms with Crippen LogP contribution in [0.1, 0.15) is 26.2 Å². The zero-order valence-electron chi connectivity index (χ0n) is 6.92. The molecule has 64 valence electrons. The normalized spacial score (nSPS) is 24.1. The van der Waals surface area contributed by atoms with Gasteiger partial charge in [-0.1, -0.05) is 13.3 Å². The minimum Gasteiger partial charge on any atom is -0.465 e. The molecule has 3 heteroatoms. The quantitative estimate of drug-likeness (QED) is 0.663. The van der Waals surface area contributed by atoms with E-state index in [0.29, 0.717) is 5.92 Å². The van der Waals surface area contributed by atoms with Crippen molar-refractivity contribution in [1.29, 1.82) is 0 Å². The summed E-state index contributed by atoms with van der Waals surface area (Å²) >= 11 is 0. The highest BCUT2D eigenvalue weighted by molar-refractivity contribution is 5.65. The minimum atomic E-state index is -0.761. The van der Waals surface area contributed by atoms with Gasteiger partial charge in [0.05, 0.1) is 0 Å². The molecule has 1 heterocycles. The molecular formula is C8H15NO2. The average Bonchev–Trinajstić information content (AvgIpc) is 2.37. The van der Waals surface area contributed by atoms with Crippen molar-refractivity contribution in [1.82, 2.24) is 4.90 Å². The summed E-state index contributed by atoms with van der Waals surface area (Å²) in [6, 6.07) is 0. The highest BCUT2D eigenvalue weighted by atomic mass is 16.4. The van der Waals surface area contributed by atoms with Gasteiger partial charge in [0.1, 0.15) is 0 Å². The van der Waals surface area contributed by atoms with Gasteiger partial charge in [-0.25, -0.2) is 4.79 Å². The molecule has 0 aromatic rings. The zero-order valence-corrected chi connectivity index (χ0v) is 6.92. The largest absolute Gasteiger partial charge is 0.465 e. The predicted octanol–water partition coefficient (Wildman–Crippen LogP) is 1.79. The molecule has 0 radical (unpaired) electrons. The van der Waals surface area contributed by atoms with Crippen molar-refractivity contribution < 1.29 is 9.90 Å². The molecule has 1 saturated heterocycles. The molecular weight excluding hydrogens is 142 g/mol. The van der Waals surface area contributed by atoms with Gasteiger partial charge in [-0.15, -0.1) is 0 Å². The van der Waals surface area contributed by atoms with Crippen molar-refractivity contribution in [2.24, 2.45) is 5.92 Å². The molecule has 1 aliphatic rings. The van der Waals surface area contributed by atoms with Gasteiger partial charge < -0.3 is 10.0 Å². The fourth-order valence-corrected chi connectivity index (χ4v) is 1.65. The fourth-order valence-electron chi connectivity index (χ4n) is 1.65. The van der Waals surface area contributed by atoms with Crippen LogP contribution in [0.15, 0.2) is 0 Å². The number of carbonyl (C=O) groups is 1. The van der Waals surface area contributed by atoms with Crippen molar-refractivity contribution in [2.45, 2.75) is 26.2 Å². The molecule has 0 aromatic carbocycles. The Morgan fingerprint density at radius 3 is 2.91 bits per heavy atom. The fraction of sp³-hybridized carbons (Fsp3) is 0.875. The van der Waals surface area contributed by atoms with Crippen LogP contribution in [0.4, 0.5) is 4.79 Å². The summed E-state index contributed by atoms with van der Waals surface area (Å²) in [6.07, 6.45) is 2.63. The van der Waals surface area contributed by atoms with Crippen LogP contribution in [0.2, 0.25) is 0 Å². The van der Waals surface area contributed by atoms with Crippen molar-refractivity contribution in [3.63, 3.8) is 0 Å². The Bertz CT molecular complexity index is 147. The highest BCUT2D eigenvalue weighted by Crippen LogP contribution is 2.20. The molecule has 0 aromatic heterocycles. The van der Waals surface area contributed by atoms with Crippen LogP contribution in [0.25, 0.3) is 0 Å². The topological polar surface area (TPSA) is 40.5 Å². The maximum absolute atomic E-state index is 10.5. The van der Waals surface area contributed by atoms with Gasteiger partial charge in [-0.2, -0.15) is 0 Å². The molecule has 1 atom stereocenters. The smallest absolute Gasteiger partial charge is 0.407 e. The molecule has 1 amide bonds. The van der Waals surface area contributed by atoms with Crippen molar-refractivity contribution in [2.75, 3.05) is 13.1 Å². The number of rotatable bonds is 2. The van der Waals surface area contributed by atoms with E-state index in [1.807, 2.05) is 0 Å². The van der Waals surface area contributed by atoms with Gasteiger partial charge >= 0.3 is 6.09 Å². The second kappa shape index (κ2) is 3.60. The van der Waals surface area contributed by atoms with Crippen LogP contribution in [0.5, 0.6) is 0 Å². The summed E-state index contributed by atoms with van der Waals surface area (Å²) in [5.74, 6) is 0.621. The van der Waals surface area contributed by atoms with E-state index in [9.17, 15) is 4.79 Å². The van der Waals surface area contributed by atoms with Crippen LogP contribution in [-0.2, 0) is 0 Å². The van der Waals surface area contributed by atoms with E-state index in [1.54, 1.807) is 0 Å². The molecule has 1 fully saturated rings. The van der Waals surface area contributed by atoms with Crippen LogP contribution in [0, 0.1) is 5.92 Å². The molecule has 0 aliphatic carbocycles. The SMILES string of the molecule is CCCC1CCN(C(=O)O)C1. The Kier molecular flexibility index (Phi) is 2.74. The summed E-state index contributed by atoms with van der Waals surface area (Å²) < 4.78 is 0.